The Hall–Kier alpha value is -3.37. The van der Waals surface area contributed by atoms with Crippen molar-refractivity contribution in [3.63, 3.8) is 0 Å². The zero-order chi connectivity index (χ0) is 24.9. The van der Waals surface area contributed by atoms with Crippen molar-refractivity contribution in [1.82, 2.24) is 15.1 Å². The van der Waals surface area contributed by atoms with Crippen LogP contribution in [0.3, 0.4) is 0 Å². The van der Waals surface area contributed by atoms with E-state index < -0.39 is 30.4 Å². The minimum absolute atomic E-state index is 0.137. The first kappa shape index (κ1) is 24.7. The van der Waals surface area contributed by atoms with Crippen LogP contribution in [0.4, 0.5) is 10.5 Å². The van der Waals surface area contributed by atoms with E-state index in [2.05, 4.69) is 42.7 Å². The van der Waals surface area contributed by atoms with E-state index in [9.17, 15) is 19.2 Å². The van der Waals surface area contributed by atoms with E-state index in [0.29, 0.717) is 32.0 Å². The van der Waals surface area contributed by atoms with Gasteiger partial charge in [0.1, 0.15) is 12.6 Å². The lowest BCUT2D eigenvalue weighted by Crippen LogP contribution is -2.44. The van der Waals surface area contributed by atoms with Crippen molar-refractivity contribution >= 4 is 41.2 Å². The Kier molecular flexibility index (Phi) is 7.72. The first-order valence-corrected chi connectivity index (χ1v) is 12.2. The van der Waals surface area contributed by atoms with Crippen molar-refractivity contribution in [2.75, 3.05) is 38.2 Å². The Morgan fingerprint density at radius 2 is 1.80 bits per heavy atom. The Balaban J connectivity index is 1.30. The molecule has 2 saturated heterocycles. The third-order valence-electron chi connectivity index (χ3n) is 5.86. The molecule has 0 saturated carbocycles. The van der Waals surface area contributed by atoms with Crippen molar-refractivity contribution < 1.29 is 23.9 Å². The number of benzene rings is 2. The molecule has 5 amide bonds. The van der Waals surface area contributed by atoms with Gasteiger partial charge in [0.15, 0.2) is 0 Å². The fourth-order valence-electron chi connectivity index (χ4n) is 3.88. The predicted molar refractivity (Wildman–Crippen MR) is 131 cm³/mol. The fraction of sp³-hybridized carbons (Fsp3) is 0.360. The number of aryl methyl sites for hydroxylation is 2. The molecule has 0 radical (unpaired) electrons. The molecule has 0 aliphatic carbocycles. The Morgan fingerprint density at radius 1 is 1.09 bits per heavy atom. The van der Waals surface area contributed by atoms with Gasteiger partial charge in [-0.05, 0) is 55.3 Å². The smallest absolute Gasteiger partial charge is 0.325 e. The van der Waals surface area contributed by atoms with Crippen molar-refractivity contribution in [2.24, 2.45) is 0 Å². The number of urea groups is 1. The van der Waals surface area contributed by atoms with Crippen LogP contribution in [-0.4, -0.2) is 72.4 Å². The highest BCUT2D eigenvalue weighted by Gasteiger charge is 2.40. The second-order valence-corrected chi connectivity index (χ2v) is 9.68. The van der Waals surface area contributed by atoms with Crippen LogP contribution in [0, 0.1) is 13.8 Å². The van der Waals surface area contributed by atoms with E-state index in [0.717, 1.165) is 9.80 Å². The van der Waals surface area contributed by atoms with Gasteiger partial charge < -0.3 is 20.3 Å². The monoisotopic (exact) mass is 496 g/mol. The zero-order valence-corrected chi connectivity index (χ0v) is 20.5. The molecule has 9 nitrogen and oxygen atoms in total. The van der Waals surface area contributed by atoms with Gasteiger partial charge in [0.05, 0.1) is 19.6 Å². The number of nitrogens with one attached hydrogen (secondary N) is 2. The van der Waals surface area contributed by atoms with Crippen LogP contribution in [0.5, 0.6) is 0 Å². The molecule has 2 aliphatic rings. The topological polar surface area (TPSA) is 108 Å². The molecule has 10 heteroatoms. The number of imide groups is 1. The minimum atomic E-state index is -0.966. The first-order chi connectivity index (χ1) is 16.8. The Morgan fingerprint density at radius 3 is 2.51 bits per heavy atom. The number of anilines is 1. The third kappa shape index (κ3) is 6.20. The van der Waals surface area contributed by atoms with Gasteiger partial charge in [0.25, 0.3) is 5.91 Å². The lowest BCUT2D eigenvalue weighted by Gasteiger charge is -2.27. The van der Waals surface area contributed by atoms with Gasteiger partial charge in [-0.15, -0.1) is 0 Å². The van der Waals surface area contributed by atoms with E-state index in [1.165, 1.54) is 16.0 Å². The second kappa shape index (κ2) is 10.9. The molecule has 184 valence electrons. The summed E-state index contributed by atoms with van der Waals surface area (Å²) in [5.74, 6) is -1.30. The van der Waals surface area contributed by atoms with Crippen LogP contribution >= 0.6 is 11.8 Å². The maximum absolute atomic E-state index is 12.7. The summed E-state index contributed by atoms with van der Waals surface area (Å²) < 4.78 is 5.23. The molecule has 2 heterocycles. The average molecular weight is 497 g/mol. The maximum atomic E-state index is 12.7. The standard InChI is InChI=1S/C25H28N4O5S/c1-16-3-4-17(2)21(13-16)35-19-7-5-18(6-8-19)26-22(30)15-29-24(32)20(27-25(29)33)14-23(31)28-9-11-34-12-10-28/h3-8,13,20H,9-12,14-15H2,1-2H3,(H,26,30)(H,27,33)/t20-/m1/s1. The average Bonchev–Trinajstić information content (AvgIpc) is 3.10. The van der Waals surface area contributed by atoms with Crippen LogP contribution in [0.15, 0.2) is 52.3 Å². The lowest BCUT2D eigenvalue weighted by atomic mass is 10.2. The molecule has 2 aromatic carbocycles. The second-order valence-electron chi connectivity index (χ2n) is 8.57. The predicted octanol–water partition coefficient (Wildman–Crippen LogP) is 2.56. The van der Waals surface area contributed by atoms with E-state index in [1.807, 2.05) is 12.1 Å². The number of hydrogen-bond acceptors (Lipinski definition) is 6. The van der Waals surface area contributed by atoms with Crippen LogP contribution in [-0.2, 0) is 19.1 Å². The third-order valence-corrected chi connectivity index (χ3v) is 7.03. The molecule has 35 heavy (non-hydrogen) atoms. The summed E-state index contributed by atoms with van der Waals surface area (Å²) in [5, 5.41) is 5.23. The molecule has 1 atom stereocenters. The molecule has 2 fully saturated rings. The molecule has 2 aliphatic heterocycles. The Bertz CT molecular complexity index is 1130. The molecular weight excluding hydrogens is 468 g/mol. The molecule has 0 unspecified atom stereocenters. The van der Waals surface area contributed by atoms with Crippen molar-refractivity contribution in [3.8, 4) is 0 Å². The molecular formula is C25H28N4O5S. The van der Waals surface area contributed by atoms with Crippen molar-refractivity contribution in [2.45, 2.75) is 36.1 Å². The maximum Gasteiger partial charge on any atom is 0.325 e. The van der Waals surface area contributed by atoms with Crippen LogP contribution < -0.4 is 10.6 Å². The van der Waals surface area contributed by atoms with E-state index in [-0.39, 0.29) is 12.3 Å². The van der Waals surface area contributed by atoms with E-state index >= 15 is 0 Å². The number of nitrogens with zero attached hydrogens (tertiary/aromatic N) is 2. The summed E-state index contributed by atoms with van der Waals surface area (Å²) in [6, 6.07) is 12.0. The molecule has 2 aromatic rings. The lowest BCUT2D eigenvalue weighted by molar-refractivity contribution is -0.138. The van der Waals surface area contributed by atoms with Crippen LogP contribution in [0.2, 0.25) is 0 Å². The molecule has 0 bridgehead atoms. The number of rotatable bonds is 7. The van der Waals surface area contributed by atoms with Gasteiger partial charge in [-0.25, -0.2) is 4.79 Å². The quantitative estimate of drug-likeness (QED) is 0.571. The van der Waals surface area contributed by atoms with E-state index in [4.69, 9.17) is 4.74 Å². The molecule has 4 rings (SSSR count). The number of morpholine rings is 1. The molecule has 0 aromatic heterocycles. The van der Waals surface area contributed by atoms with Crippen molar-refractivity contribution in [1.29, 1.82) is 0 Å². The van der Waals surface area contributed by atoms with Crippen LogP contribution in [0.25, 0.3) is 0 Å². The summed E-state index contributed by atoms with van der Waals surface area (Å²) in [5.41, 5.74) is 2.94. The zero-order valence-electron chi connectivity index (χ0n) is 19.7. The minimum Gasteiger partial charge on any atom is -0.378 e. The largest absolute Gasteiger partial charge is 0.378 e. The summed E-state index contributed by atoms with van der Waals surface area (Å²) in [7, 11) is 0. The summed E-state index contributed by atoms with van der Waals surface area (Å²) >= 11 is 1.64. The van der Waals surface area contributed by atoms with Gasteiger partial charge >= 0.3 is 6.03 Å². The van der Waals surface area contributed by atoms with E-state index in [1.54, 1.807) is 28.8 Å². The van der Waals surface area contributed by atoms with Crippen molar-refractivity contribution in [3.05, 3.63) is 53.6 Å². The number of amides is 5. The number of hydrogen-bond donors (Lipinski definition) is 2. The van der Waals surface area contributed by atoms with Gasteiger partial charge in [-0.2, -0.15) is 0 Å². The SMILES string of the molecule is Cc1ccc(C)c(Sc2ccc(NC(=O)CN3C(=O)N[C@H](CC(=O)N4CCOCC4)C3=O)cc2)c1. The highest BCUT2D eigenvalue weighted by atomic mass is 32.2. The fourth-order valence-corrected chi connectivity index (χ4v) is 4.88. The van der Waals surface area contributed by atoms with Gasteiger partial charge in [-0.3, -0.25) is 19.3 Å². The van der Waals surface area contributed by atoms with Gasteiger partial charge in [0, 0.05) is 28.6 Å². The summed E-state index contributed by atoms with van der Waals surface area (Å²) in [6.07, 6.45) is -0.137. The molecule has 2 N–H and O–H groups in total. The van der Waals surface area contributed by atoms with Crippen LogP contribution in [0.1, 0.15) is 17.5 Å². The normalized spacial score (nSPS) is 17.9. The number of carbonyl (C=O) groups is 4. The highest BCUT2D eigenvalue weighted by molar-refractivity contribution is 7.99. The summed E-state index contributed by atoms with van der Waals surface area (Å²) in [6.45, 7) is 5.52. The Labute approximate surface area is 208 Å². The highest BCUT2D eigenvalue weighted by Crippen LogP contribution is 2.31. The first-order valence-electron chi connectivity index (χ1n) is 11.4. The number of ether oxygens (including phenoxy) is 1. The molecule has 0 spiro atoms. The number of carbonyl (C=O) groups excluding carboxylic acids is 4. The van der Waals surface area contributed by atoms with Gasteiger partial charge in [-0.1, -0.05) is 23.9 Å². The van der Waals surface area contributed by atoms with Gasteiger partial charge in [0.2, 0.25) is 11.8 Å². The summed E-state index contributed by atoms with van der Waals surface area (Å²) in [4.78, 5) is 54.5.